The molecule has 3 heterocycles. The van der Waals surface area contributed by atoms with E-state index in [1.807, 2.05) is 4.57 Å². The number of aromatic nitrogens is 3. The molecule has 2 aliphatic rings. The van der Waals surface area contributed by atoms with Gasteiger partial charge in [-0.2, -0.15) is 0 Å². The minimum atomic E-state index is -1.24. The highest BCUT2D eigenvalue weighted by molar-refractivity contribution is 6.40. The van der Waals surface area contributed by atoms with Crippen molar-refractivity contribution >= 4 is 45.2 Å². The Balaban J connectivity index is 1.94. The molecule has 1 saturated carbocycles. The summed E-state index contributed by atoms with van der Waals surface area (Å²) in [7, 11) is 0. The normalized spacial score (nSPS) is 20.1. The number of carboxylic acids is 1. The van der Waals surface area contributed by atoms with Crippen LogP contribution in [0.4, 0.5) is 5.69 Å². The van der Waals surface area contributed by atoms with Gasteiger partial charge in [0.15, 0.2) is 0 Å². The quantitative estimate of drug-likeness (QED) is 0.633. The Kier molecular flexibility index (Phi) is 3.50. The van der Waals surface area contributed by atoms with E-state index < -0.39 is 11.4 Å². The first-order valence-corrected chi connectivity index (χ1v) is 9.32. The molecule has 8 nitrogen and oxygen atoms in total. The number of nitrogens with one attached hydrogen (secondary N) is 1. The lowest BCUT2D eigenvalue weighted by Crippen LogP contribution is -2.27. The number of nitrogens with two attached hydrogens (primary N) is 1. The fourth-order valence-corrected chi connectivity index (χ4v) is 4.45. The van der Waals surface area contributed by atoms with Crippen LogP contribution in [0.25, 0.3) is 21.9 Å². The molecule has 9 heteroatoms. The SMILES string of the molecule is NC1CCN(c2c(Cl)c3c(c(=O)c(C(=O)O)cn3C3CC3)c3nc[nH]c23)C1. The molecule has 0 spiro atoms. The minimum Gasteiger partial charge on any atom is -0.477 e. The second-order valence-corrected chi connectivity index (χ2v) is 7.70. The molecule has 2 aromatic heterocycles. The average molecular weight is 388 g/mol. The number of fused-ring (bicyclic) bond motifs is 3. The fraction of sp³-hybridized carbons (Fsp3) is 0.389. The number of halogens is 1. The van der Waals surface area contributed by atoms with E-state index in [1.54, 1.807) is 0 Å². The van der Waals surface area contributed by atoms with Crippen LogP contribution in [0.2, 0.25) is 5.02 Å². The molecule has 1 aliphatic heterocycles. The highest BCUT2D eigenvalue weighted by Gasteiger charge is 2.32. The Morgan fingerprint density at radius 1 is 1.37 bits per heavy atom. The van der Waals surface area contributed by atoms with Gasteiger partial charge >= 0.3 is 5.97 Å². The summed E-state index contributed by atoms with van der Waals surface area (Å²) in [5, 5.41) is 10.2. The van der Waals surface area contributed by atoms with E-state index in [-0.39, 0.29) is 23.0 Å². The van der Waals surface area contributed by atoms with Crippen LogP contribution >= 0.6 is 11.6 Å². The fourth-order valence-electron chi connectivity index (χ4n) is 4.04. The van der Waals surface area contributed by atoms with Crippen LogP contribution < -0.4 is 16.1 Å². The van der Waals surface area contributed by atoms with Crippen molar-refractivity contribution in [3.05, 3.63) is 33.3 Å². The van der Waals surface area contributed by atoms with Gasteiger partial charge in [-0.05, 0) is 19.3 Å². The molecule has 1 unspecified atom stereocenters. The molecule has 1 aliphatic carbocycles. The zero-order chi connectivity index (χ0) is 18.9. The van der Waals surface area contributed by atoms with Crippen LogP contribution in [-0.2, 0) is 0 Å². The van der Waals surface area contributed by atoms with E-state index >= 15 is 0 Å². The lowest BCUT2D eigenvalue weighted by molar-refractivity contribution is 0.0695. The first kappa shape index (κ1) is 16.6. The van der Waals surface area contributed by atoms with E-state index in [0.29, 0.717) is 28.1 Å². The second-order valence-electron chi connectivity index (χ2n) is 7.32. The maximum atomic E-state index is 13.0. The van der Waals surface area contributed by atoms with Crippen molar-refractivity contribution in [3.8, 4) is 0 Å². The van der Waals surface area contributed by atoms with Gasteiger partial charge in [-0.1, -0.05) is 11.6 Å². The molecule has 2 fully saturated rings. The van der Waals surface area contributed by atoms with Crippen LogP contribution in [0.5, 0.6) is 0 Å². The van der Waals surface area contributed by atoms with Crippen molar-refractivity contribution in [2.75, 3.05) is 18.0 Å². The topological polar surface area (TPSA) is 117 Å². The molecule has 27 heavy (non-hydrogen) atoms. The summed E-state index contributed by atoms with van der Waals surface area (Å²) >= 11 is 6.85. The van der Waals surface area contributed by atoms with Crippen molar-refractivity contribution in [1.29, 1.82) is 0 Å². The van der Waals surface area contributed by atoms with Gasteiger partial charge in [-0.15, -0.1) is 0 Å². The smallest absolute Gasteiger partial charge is 0.341 e. The van der Waals surface area contributed by atoms with Crippen molar-refractivity contribution < 1.29 is 9.90 Å². The van der Waals surface area contributed by atoms with E-state index in [4.69, 9.17) is 17.3 Å². The molecule has 1 saturated heterocycles. The number of pyridine rings is 1. The maximum Gasteiger partial charge on any atom is 0.341 e. The van der Waals surface area contributed by atoms with Gasteiger partial charge in [0.05, 0.1) is 33.5 Å². The van der Waals surface area contributed by atoms with Crippen LogP contribution in [-0.4, -0.2) is 44.7 Å². The Labute approximate surface area is 158 Å². The molecule has 0 radical (unpaired) electrons. The van der Waals surface area contributed by atoms with Crippen LogP contribution in [0.15, 0.2) is 17.3 Å². The molecule has 3 aromatic rings. The van der Waals surface area contributed by atoms with Gasteiger partial charge in [-0.25, -0.2) is 9.78 Å². The zero-order valence-corrected chi connectivity index (χ0v) is 15.2. The third kappa shape index (κ3) is 2.36. The standard InChI is InChI=1S/C18H18ClN5O3/c19-12-15-11(17(25)10(18(26)27)6-24(15)9-1-2-9)13-14(22-7-21-13)16(12)23-4-3-8(20)5-23/h6-9H,1-5,20H2,(H,21,22)(H,26,27). The second kappa shape index (κ2) is 5.71. The number of nitrogens with zero attached hydrogens (tertiary/aromatic N) is 3. The molecular formula is C18H18ClN5O3. The first-order chi connectivity index (χ1) is 13.0. The Bertz CT molecular complexity index is 1160. The third-order valence-corrected chi connectivity index (χ3v) is 5.83. The number of carbonyl (C=O) groups is 1. The monoisotopic (exact) mass is 387 g/mol. The van der Waals surface area contributed by atoms with Crippen LogP contribution in [0.3, 0.4) is 0 Å². The molecule has 0 bridgehead atoms. The number of H-pyrrole nitrogens is 1. The lowest BCUT2D eigenvalue weighted by atomic mass is 10.1. The summed E-state index contributed by atoms with van der Waals surface area (Å²) in [5.41, 5.74) is 7.70. The van der Waals surface area contributed by atoms with Gasteiger partial charge in [0, 0.05) is 31.4 Å². The summed E-state index contributed by atoms with van der Waals surface area (Å²) in [6, 6.07) is 0.212. The van der Waals surface area contributed by atoms with Gasteiger partial charge in [0.1, 0.15) is 11.1 Å². The third-order valence-electron chi connectivity index (χ3n) is 5.48. The maximum absolute atomic E-state index is 13.0. The predicted molar refractivity (Wildman–Crippen MR) is 103 cm³/mol. The van der Waals surface area contributed by atoms with E-state index in [1.165, 1.54) is 12.5 Å². The number of rotatable bonds is 3. The van der Waals surface area contributed by atoms with Crippen molar-refractivity contribution in [3.63, 3.8) is 0 Å². The highest BCUT2D eigenvalue weighted by atomic mass is 35.5. The highest BCUT2D eigenvalue weighted by Crippen LogP contribution is 2.44. The zero-order valence-electron chi connectivity index (χ0n) is 14.4. The Hall–Kier alpha value is -2.58. The lowest BCUT2D eigenvalue weighted by Gasteiger charge is -2.23. The van der Waals surface area contributed by atoms with Gasteiger partial charge in [-0.3, -0.25) is 4.79 Å². The largest absolute Gasteiger partial charge is 0.477 e. The van der Waals surface area contributed by atoms with E-state index in [0.717, 1.165) is 31.5 Å². The van der Waals surface area contributed by atoms with E-state index in [9.17, 15) is 14.7 Å². The summed E-state index contributed by atoms with van der Waals surface area (Å²) in [6.07, 6.45) is 5.64. The molecule has 1 atom stereocenters. The Morgan fingerprint density at radius 3 is 2.78 bits per heavy atom. The predicted octanol–water partition coefficient (Wildman–Crippen LogP) is 2.10. The number of benzene rings is 1. The van der Waals surface area contributed by atoms with Gasteiger partial charge in [0.2, 0.25) is 5.43 Å². The number of aromatic amines is 1. The number of carboxylic acid groups (broad SMARTS) is 1. The molecular weight excluding hydrogens is 370 g/mol. The van der Waals surface area contributed by atoms with Crippen molar-refractivity contribution in [2.24, 2.45) is 5.73 Å². The van der Waals surface area contributed by atoms with Crippen molar-refractivity contribution in [1.82, 2.24) is 14.5 Å². The summed E-state index contributed by atoms with van der Waals surface area (Å²) in [6.45, 7) is 1.43. The number of anilines is 1. The Morgan fingerprint density at radius 2 is 2.15 bits per heavy atom. The molecule has 140 valence electrons. The minimum absolute atomic E-state index is 0.0646. The average Bonchev–Trinajstić information content (AvgIpc) is 3.21. The number of hydrogen-bond acceptors (Lipinski definition) is 5. The molecule has 5 rings (SSSR count). The first-order valence-electron chi connectivity index (χ1n) is 8.94. The molecule has 0 amide bonds. The van der Waals surface area contributed by atoms with Crippen LogP contribution in [0.1, 0.15) is 35.7 Å². The number of imidazole rings is 1. The summed E-state index contributed by atoms with van der Waals surface area (Å²) in [4.78, 5) is 34.1. The molecule has 1 aromatic carbocycles. The summed E-state index contributed by atoms with van der Waals surface area (Å²) in [5.74, 6) is -1.24. The van der Waals surface area contributed by atoms with Crippen molar-refractivity contribution in [2.45, 2.75) is 31.3 Å². The molecule has 4 N–H and O–H groups in total. The van der Waals surface area contributed by atoms with Crippen LogP contribution in [0, 0.1) is 0 Å². The van der Waals surface area contributed by atoms with Gasteiger partial charge in [0.25, 0.3) is 0 Å². The number of hydrogen-bond donors (Lipinski definition) is 3. The summed E-state index contributed by atoms with van der Waals surface area (Å²) < 4.78 is 1.84. The van der Waals surface area contributed by atoms with Gasteiger partial charge < -0.3 is 25.3 Å². The van der Waals surface area contributed by atoms with E-state index in [2.05, 4.69) is 14.9 Å². The number of aromatic carboxylic acids is 1.